The molecule has 0 fully saturated rings. The van der Waals surface area contributed by atoms with Crippen molar-refractivity contribution in [1.82, 2.24) is 14.5 Å². The standard InChI is InChI=1S/C24H20Cl2F3N3O5/c1-31-19(24(27,28)29)17(21(34)32(2)23(31)36)13-9-7-12(8-10-13)11-16(22(35)37-3)30-20(33)18-14(25)5-4-6-15(18)26/h4-10,16H,11H2,1-3H3,(H,30,33). The molecule has 0 saturated heterocycles. The van der Waals surface area contributed by atoms with Crippen molar-refractivity contribution in [1.29, 1.82) is 0 Å². The number of alkyl halides is 3. The molecule has 1 aromatic heterocycles. The number of aromatic nitrogens is 2. The van der Waals surface area contributed by atoms with Gasteiger partial charge in [0.05, 0.1) is 28.3 Å². The highest BCUT2D eigenvalue weighted by atomic mass is 35.5. The van der Waals surface area contributed by atoms with Crippen LogP contribution in [0.25, 0.3) is 11.1 Å². The number of amides is 1. The summed E-state index contributed by atoms with van der Waals surface area (Å²) in [5, 5.41) is 2.63. The third-order valence-corrected chi connectivity index (χ3v) is 6.23. The van der Waals surface area contributed by atoms with Crippen LogP contribution >= 0.6 is 23.2 Å². The third kappa shape index (κ3) is 5.72. The molecule has 0 aliphatic rings. The summed E-state index contributed by atoms with van der Waals surface area (Å²) in [7, 11) is 3.14. The van der Waals surface area contributed by atoms with E-state index in [9.17, 15) is 32.3 Å². The Bertz CT molecular complexity index is 1460. The second kappa shape index (κ2) is 10.8. The molecule has 3 rings (SSSR count). The van der Waals surface area contributed by atoms with E-state index in [1.54, 1.807) is 6.07 Å². The molecule has 8 nitrogen and oxygen atoms in total. The SMILES string of the molecule is COC(=O)C(Cc1ccc(-c2c(C(F)(F)F)n(C)c(=O)n(C)c2=O)cc1)NC(=O)c1c(Cl)cccc1Cl. The number of rotatable bonds is 6. The maximum absolute atomic E-state index is 13.8. The molecular formula is C24H20Cl2F3N3O5. The lowest BCUT2D eigenvalue weighted by Crippen LogP contribution is -2.43. The lowest BCUT2D eigenvalue weighted by atomic mass is 9.99. The highest BCUT2D eigenvalue weighted by molar-refractivity contribution is 6.39. The van der Waals surface area contributed by atoms with Crippen molar-refractivity contribution < 1.29 is 27.5 Å². The van der Waals surface area contributed by atoms with Gasteiger partial charge in [0.1, 0.15) is 11.7 Å². The molecule has 196 valence electrons. The van der Waals surface area contributed by atoms with Crippen molar-refractivity contribution in [3.05, 3.63) is 90.2 Å². The summed E-state index contributed by atoms with van der Waals surface area (Å²) in [5.74, 6) is -1.52. The smallest absolute Gasteiger partial charge is 0.432 e. The Labute approximate surface area is 218 Å². The minimum atomic E-state index is -4.98. The second-order valence-electron chi connectivity index (χ2n) is 7.97. The highest BCUT2D eigenvalue weighted by Gasteiger charge is 2.39. The van der Waals surface area contributed by atoms with Gasteiger partial charge in [-0.2, -0.15) is 13.2 Å². The number of halogens is 5. The van der Waals surface area contributed by atoms with E-state index in [0.29, 0.717) is 14.7 Å². The van der Waals surface area contributed by atoms with Gasteiger partial charge in [0, 0.05) is 20.5 Å². The van der Waals surface area contributed by atoms with Crippen LogP contribution in [0.1, 0.15) is 21.6 Å². The van der Waals surface area contributed by atoms with Crippen molar-refractivity contribution in [2.45, 2.75) is 18.6 Å². The Morgan fingerprint density at radius 1 is 1.00 bits per heavy atom. The lowest BCUT2D eigenvalue weighted by Gasteiger charge is -2.19. The van der Waals surface area contributed by atoms with Crippen molar-refractivity contribution in [2.24, 2.45) is 14.1 Å². The first-order valence-corrected chi connectivity index (χ1v) is 11.3. The van der Waals surface area contributed by atoms with Gasteiger partial charge in [0.15, 0.2) is 0 Å². The number of carbonyl (C=O) groups is 2. The zero-order chi connectivity index (χ0) is 27.7. The zero-order valence-corrected chi connectivity index (χ0v) is 21.2. The van der Waals surface area contributed by atoms with E-state index < -0.39 is 46.6 Å². The molecule has 1 N–H and O–H groups in total. The highest BCUT2D eigenvalue weighted by Crippen LogP contribution is 2.34. The van der Waals surface area contributed by atoms with Crippen LogP contribution in [-0.2, 0) is 36.2 Å². The van der Waals surface area contributed by atoms with Crippen molar-refractivity contribution in [2.75, 3.05) is 7.11 Å². The summed E-state index contributed by atoms with van der Waals surface area (Å²) in [6, 6.07) is 8.56. The number of benzene rings is 2. The number of nitrogens with zero attached hydrogens (tertiary/aromatic N) is 2. The Balaban J connectivity index is 1.97. The number of hydrogen-bond donors (Lipinski definition) is 1. The van der Waals surface area contributed by atoms with Crippen LogP contribution in [0.3, 0.4) is 0 Å². The van der Waals surface area contributed by atoms with Gasteiger partial charge in [-0.05, 0) is 23.3 Å². The molecule has 0 radical (unpaired) electrons. The Kier molecular flexibility index (Phi) is 8.19. The average molecular weight is 558 g/mol. The van der Waals surface area contributed by atoms with E-state index in [2.05, 4.69) is 5.32 Å². The number of carbonyl (C=O) groups excluding carboxylic acids is 2. The second-order valence-corrected chi connectivity index (χ2v) is 8.79. The molecule has 1 unspecified atom stereocenters. The molecule has 0 spiro atoms. The first kappa shape index (κ1) is 28.0. The molecule has 1 atom stereocenters. The normalized spacial score (nSPS) is 12.2. The minimum absolute atomic E-state index is 0.0414. The van der Waals surface area contributed by atoms with E-state index in [4.69, 9.17) is 27.9 Å². The van der Waals surface area contributed by atoms with Gasteiger partial charge in [-0.15, -0.1) is 0 Å². The minimum Gasteiger partial charge on any atom is -0.467 e. The lowest BCUT2D eigenvalue weighted by molar-refractivity contribution is -0.144. The first-order valence-electron chi connectivity index (χ1n) is 10.6. The fraction of sp³-hybridized carbons (Fsp3) is 0.250. The van der Waals surface area contributed by atoms with E-state index in [-0.39, 0.29) is 27.6 Å². The van der Waals surface area contributed by atoms with Crippen molar-refractivity contribution >= 4 is 35.1 Å². The molecule has 1 amide bonds. The molecule has 0 aliphatic heterocycles. The maximum atomic E-state index is 13.8. The van der Waals surface area contributed by atoms with Gasteiger partial charge >= 0.3 is 17.8 Å². The van der Waals surface area contributed by atoms with Crippen LogP contribution in [0, 0.1) is 0 Å². The molecular weight excluding hydrogens is 538 g/mol. The number of nitrogens with one attached hydrogen (secondary N) is 1. The summed E-state index contributed by atoms with van der Waals surface area (Å²) in [6.45, 7) is 0. The topological polar surface area (TPSA) is 99.4 Å². The fourth-order valence-electron chi connectivity index (χ4n) is 3.76. The Hall–Kier alpha value is -3.57. The predicted molar refractivity (Wildman–Crippen MR) is 131 cm³/mol. The molecule has 1 heterocycles. The van der Waals surface area contributed by atoms with Crippen LogP contribution in [0.2, 0.25) is 10.0 Å². The fourth-order valence-corrected chi connectivity index (χ4v) is 4.33. The van der Waals surface area contributed by atoms with Crippen molar-refractivity contribution in [3.8, 4) is 11.1 Å². The number of esters is 1. The van der Waals surface area contributed by atoms with Gasteiger partial charge in [-0.3, -0.25) is 18.7 Å². The zero-order valence-electron chi connectivity index (χ0n) is 19.7. The van der Waals surface area contributed by atoms with Crippen LogP contribution in [-0.4, -0.2) is 34.2 Å². The summed E-state index contributed by atoms with van der Waals surface area (Å²) < 4.78 is 47.0. The Morgan fingerprint density at radius 3 is 2.08 bits per heavy atom. The Morgan fingerprint density at radius 2 is 1.57 bits per heavy atom. The predicted octanol–water partition coefficient (Wildman–Crippen LogP) is 3.59. The molecule has 13 heteroatoms. The van der Waals surface area contributed by atoms with Crippen LogP contribution in [0.15, 0.2) is 52.1 Å². The van der Waals surface area contributed by atoms with Gasteiger partial charge < -0.3 is 10.1 Å². The molecule has 2 aromatic carbocycles. The van der Waals surface area contributed by atoms with Gasteiger partial charge in [0.2, 0.25) is 0 Å². The van der Waals surface area contributed by atoms with Crippen molar-refractivity contribution in [3.63, 3.8) is 0 Å². The van der Waals surface area contributed by atoms with Crippen LogP contribution in [0.5, 0.6) is 0 Å². The average Bonchev–Trinajstić information content (AvgIpc) is 2.83. The quantitative estimate of drug-likeness (QED) is 0.467. The third-order valence-electron chi connectivity index (χ3n) is 5.60. The summed E-state index contributed by atoms with van der Waals surface area (Å²) in [4.78, 5) is 49.8. The largest absolute Gasteiger partial charge is 0.467 e. The number of methoxy groups -OCH3 is 1. The summed E-state index contributed by atoms with van der Waals surface area (Å²) >= 11 is 12.1. The molecule has 0 saturated carbocycles. The van der Waals surface area contributed by atoms with Gasteiger partial charge in [0.25, 0.3) is 11.5 Å². The number of hydrogen-bond acceptors (Lipinski definition) is 5. The van der Waals surface area contributed by atoms with E-state index in [1.807, 2.05) is 0 Å². The maximum Gasteiger partial charge on any atom is 0.432 e. The first-order chi connectivity index (χ1) is 17.3. The van der Waals surface area contributed by atoms with E-state index >= 15 is 0 Å². The molecule has 0 aliphatic carbocycles. The molecule has 37 heavy (non-hydrogen) atoms. The monoisotopic (exact) mass is 557 g/mol. The number of ether oxygens (including phenoxy) is 1. The van der Waals surface area contributed by atoms with E-state index in [0.717, 1.165) is 21.2 Å². The summed E-state index contributed by atoms with van der Waals surface area (Å²) in [5.41, 5.74) is -4.01. The molecule has 3 aromatic rings. The van der Waals surface area contributed by atoms with Crippen LogP contribution < -0.4 is 16.6 Å². The van der Waals surface area contributed by atoms with Gasteiger partial charge in [-0.25, -0.2) is 9.59 Å². The van der Waals surface area contributed by atoms with Gasteiger partial charge in [-0.1, -0.05) is 53.5 Å². The molecule has 0 bridgehead atoms. The van der Waals surface area contributed by atoms with Crippen LogP contribution in [0.4, 0.5) is 13.2 Å². The van der Waals surface area contributed by atoms with E-state index in [1.165, 1.54) is 36.4 Å². The summed E-state index contributed by atoms with van der Waals surface area (Å²) in [6.07, 6.45) is -5.08.